The van der Waals surface area contributed by atoms with Crippen molar-refractivity contribution in [2.75, 3.05) is 19.6 Å². The van der Waals surface area contributed by atoms with Gasteiger partial charge in [-0.3, -0.25) is 9.78 Å². The first-order chi connectivity index (χ1) is 9.27. The molecule has 0 radical (unpaired) electrons. The Morgan fingerprint density at radius 1 is 1.37 bits per heavy atom. The minimum absolute atomic E-state index is 0.204. The lowest BCUT2D eigenvalue weighted by molar-refractivity contribution is -0.128. The van der Waals surface area contributed by atoms with Gasteiger partial charge in [0.1, 0.15) is 0 Å². The highest BCUT2D eigenvalue weighted by atomic mass is 16.2. The molecule has 2 aliphatic heterocycles. The van der Waals surface area contributed by atoms with Crippen LogP contribution in [0.25, 0.3) is 0 Å². The molecule has 100 valence electrons. The number of nitrogens with one attached hydrogen (secondary N) is 1. The van der Waals surface area contributed by atoms with Gasteiger partial charge in [0.25, 0.3) is 0 Å². The largest absolute Gasteiger partial charge is 0.332 e. The molecule has 2 fully saturated rings. The van der Waals surface area contributed by atoms with Gasteiger partial charge in [-0.2, -0.15) is 0 Å². The van der Waals surface area contributed by atoms with Gasteiger partial charge in [-0.15, -0.1) is 0 Å². The molecule has 0 aromatic carbocycles. The van der Waals surface area contributed by atoms with Crippen molar-refractivity contribution in [3.63, 3.8) is 0 Å². The Hall–Kier alpha value is -1.68. The van der Waals surface area contributed by atoms with Crippen LogP contribution in [-0.4, -0.2) is 35.4 Å². The second-order valence-corrected chi connectivity index (χ2v) is 5.27. The Balaban J connectivity index is 1.82. The topological polar surface area (TPSA) is 45.2 Å². The molecule has 2 aliphatic rings. The molecule has 1 N–H and O–H groups in total. The maximum absolute atomic E-state index is 12.6. The van der Waals surface area contributed by atoms with Gasteiger partial charge in [0, 0.05) is 37.6 Å². The molecule has 0 bridgehead atoms. The van der Waals surface area contributed by atoms with E-state index < -0.39 is 0 Å². The summed E-state index contributed by atoms with van der Waals surface area (Å²) >= 11 is 0. The second-order valence-electron chi connectivity index (χ2n) is 5.27. The molecule has 1 aromatic heterocycles. The summed E-state index contributed by atoms with van der Waals surface area (Å²) in [5.74, 6) is 0.204. The number of carbonyl (C=O) groups excluding carboxylic acids is 1. The van der Waals surface area contributed by atoms with Gasteiger partial charge >= 0.3 is 0 Å². The number of amides is 1. The van der Waals surface area contributed by atoms with E-state index in [1.165, 1.54) is 11.1 Å². The zero-order chi connectivity index (χ0) is 13.2. The normalized spacial score (nSPS) is 22.3. The lowest BCUT2D eigenvalue weighted by Gasteiger charge is -2.28. The fourth-order valence-corrected chi connectivity index (χ4v) is 2.82. The number of likely N-dealkylation sites (tertiary alicyclic amines) is 1. The molecule has 3 rings (SSSR count). The van der Waals surface area contributed by atoms with Gasteiger partial charge in [0.15, 0.2) is 0 Å². The summed E-state index contributed by atoms with van der Waals surface area (Å²) in [5, 5.41) is 3.19. The molecular formula is C15H19N3O. The predicted molar refractivity (Wildman–Crippen MR) is 73.5 cm³/mol. The fourth-order valence-electron chi connectivity index (χ4n) is 2.82. The Kier molecular flexibility index (Phi) is 3.34. The van der Waals surface area contributed by atoms with Crippen molar-refractivity contribution >= 4 is 5.91 Å². The predicted octanol–water partition coefficient (Wildman–Crippen LogP) is 1.66. The lowest BCUT2D eigenvalue weighted by atomic mass is 10.0. The van der Waals surface area contributed by atoms with Gasteiger partial charge < -0.3 is 10.2 Å². The van der Waals surface area contributed by atoms with Crippen LogP contribution >= 0.6 is 0 Å². The second kappa shape index (κ2) is 5.13. The summed E-state index contributed by atoms with van der Waals surface area (Å²) in [4.78, 5) is 18.7. The summed E-state index contributed by atoms with van der Waals surface area (Å²) in [5.41, 5.74) is 3.38. The van der Waals surface area contributed by atoms with Crippen LogP contribution in [0.5, 0.6) is 0 Å². The van der Waals surface area contributed by atoms with Crippen LogP contribution in [0.3, 0.4) is 0 Å². The molecule has 4 nitrogen and oxygen atoms in total. The van der Waals surface area contributed by atoms with E-state index in [9.17, 15) is 4.79 Å². The third-order valence-electron chi connectivity index (χ3n) is 4.13. The zero-order valence-electron chi connectivity index (χ0n) is 11.2. The van der Waals surface area contributed by atoms with Crippen molar-refractivity contribution in [1.82, 2.24) is 15.2 Å². The molecule has 1 amide bonds. The SMILES string of the molecule is CC(C(=O)N1CCCC1c1ccncc1)=C1CNC1. The highest BCUT2D eigenvalue weighted by Crippen LogP contribution is 2.33. The zero-order valence-corrected chi connectivity index (χ0v) is 11.2. The van der Waals surface area contributed by atoms with Crippen LogP contribution in [-0.2, 0) is 4.79 Å². The van der Waals surface area contributed by atoms with Crippen LogP contribution in [0, 0.1) is 0 Å². The molecular weight excluding hydrogens is 238 g/mol. The van der Waals surface area contributed by atoms with E-state index in [4.69, 9.17) is 0 Å². The molecule has 1 unspecified atom stereocenters. The summed E-state index contributed by atoms with van der Waals surface area (Å²) in [6, 6.07) is 4.26. The minimum Gasteiger partial charge on any atom is -0.332 e. The Morgan fingerprint density at radius 3 is 2.74 bits per heavy atom. The van der Waals surface area contributed by atoms with E-state index in [1.807, 2.05) is 24.0 Å². The Morgan fingerprint density at radius 2 is 2.11 bits per heavy atom. The summed E-state index contributed by atoms with van der Waals surface area (Å²) in [7, 11) is 0. The standard InChI is InChI=1S/C15H19N3O/c1-11(13-9-17-10-13)15(19)18-8-2-3-14(18)12-4-6-16-7-5-12/h4-7,14,17H,2-3,8-10H2,1H3. The van der Waals surface area contributed by atoms with E-state index in [0.717, 1.165) is 38.0 Å². The van der Waals surface area contributed by atoms with Gasteiger partial charge in [0.2, 0.25) is 5.91 Å². The highest BCUT2D eigenvalue weighted by Gasteiger charge is 2.31. The Bertz CT molecular complexity index is 503. The first-order valence-corrected chi connectivity index (χ1v) is 6.87. The molecule has 19 heavy (non-hydrogen) atoms. The van der Waals surface area contributed by atoms with E-state index in [2.05, 4.69) is 10.3 Å². The van der Waals surface area contributed by atoms with Crippen molar-refractivity contribution in [1.29, 1.82) is 0 Å². The van der Waals surface area contributed by atoms with E-state index >= 15 is 0 Å². The maximum atomic E-state index is 12.6. The number of aromatic nitrogens is 1. The van der Waals surface area contributed by atoms with Crippen LogP contribution < -0.4 is 5.32 Å². The number of hydrogen-bond acceptors (Lipinski definition) is 3. The molecule has 1 aromatic rings. The van der Waals surface area contributed by atoms with E-state index in [1.54, 1.807) is 12.4 Å². The van der Waals surface area contributed by atoms with Crippen molar-refractivity contribution in [3.8, 4) is 0 Å². The van der Waals surface area contributed by atoms with Crippen LogP contribution in [0.2, 0.25) is 0 Å². The Labute approximate surface area is 113 Å². The molecule has 1 atom stereocenters. The molecule has 3 heterocycles. The first-order valence-electron chi connectivity index (χ1n) is 6.87. The average Bonchev–Trinajstić information content (AvgIpc) is 2.86. The smallest absolute Gasteiger partial charge is 0.250 e. The van der Waals surface area contributed by atoms with Crippen LogP contribution in [0.1, 0.15) is 31.4 Å². The number of hydrogen-bond donors (Lipinski definition) is 1. The van der Waals surface area contributed by atoms with Crippen LogP contribution in [0.15, 0.2) is 35.7 Å². The quantitative estimate of drug-likeness (QED) is 0.820. The lowest BCUT2D eigenvalue weighted by Crippen LogP contribution is -2.39. The van der Waals surface area contributed by atoms with E-state index in [0.29, 0.717) is 0 Å². The number of pyridine rings is 1. The number of carbonyl (C=O) groups is 1. The van der Waals surface area contributed by atoms with Gasteiger partial charge in [0.05, 0.1) is 6.04 Å². The van der Waals surface area contributed by atoms with Crippen molar-refractivity contribution in [3.05, 3.63) is 41.2 Å². The molecule has 0 aliphatic carbocycles. The summed E-state index contributed by atoms with van der Waals surface area (Å²) in [6.45, 7) is 4.56. The van der Waals surface area contributed by atoms with Gasteiger partial charge in [-0.25, -0.2) is 0 Å². The number of rotatable bonds is 2. The highest BCUT2D eigenvalue weighted by molar-refractivity contribution is 5.94. The van der Waals surface area contributed by atoms with Gasteiger partial charge in [-0.1, -0.05) is 0 Å². The fraction of sp³-hybridized carbons (Fsp3) is 0.467. The van der Waals surface area contributed by atoms with E-state index in [-0.39, 0.29) is 11.9 Å². The molecule has 2 saturated heterocycles. The maximum Gasteiger partial charge on any atom is 0.250 e. The number of nitrogens with zero attached hydrogens (tertiary/aromatic N) is 2. The molecule has 0 saturated carbocycles. The van der Waals surface area contributed by atoms with Crippen LogP contribution in [0.4, 0.5) is 0 Å². The van der Waals surface area contributed by atoms with Crippen molar-refractivity contribution in [2.45, 2.75) is 25.8 Å². The first kappa shape index (κ1) is 12.4. The van der Waals surface area contributed by atoms with Crippen molar-refractivity contribution < 1.29 is 4.79 Å². The van der Waals surface area contributed by atoms with Gasteiger partial charge in [-0.05, 0) is 43.0 Å². The monoisotopic (exact) mass is 257 g/mol. The minimum atomic E-state index is 0.204. The summed E-state index contributed by atoms with van der Waals surface area (Å²) < 4.78 is 0. The summed E-state index contributed by atoms with van der Waals surface area (Å²) in [6.07, 6.45) is 5.74. The van der Waals surface area contributed by atoms with Crippen molar-refractivity contribution in [2.24, 2.45) is 0 Å². The third kappa shape index (κ3) is 2.28. The third-order valence-corrected chi connectivity index (χ3v) is 4.13. The average molecular weight is 257 g/mol. The molecule has 0 spiro atoms. The molecule has 4 heteroatoms.